The van der Waals surface area contributed by atoms with Crippen molar-refractivity contribution in [1.82, 2.24) is 4.57 Å². The largest absolute Gasteiger partial charge is 0.493 e. The highest BCUT2D eigenvalue weighted by Gasteiger charge is 2.24. The number of hydrogen-bond acceptors (Lipinski definition) is 4. The molecule has 0 spiro atoms. The van der Waals surface area contributed by atoms with Crippen LogP contribution in [-0.2, 0) is 0 Å². The first-order valence-corrected chi connectivity index (χ1v) is 11.5. The van der Waals surface area contributed by atoms with Crippen molar-refractivity contribution in [3.05, 3.63) is 69.6 Å². The number of nitrogens with zero attached hydrogens (tertiary/aromatic N) is 3. The number of aromatic nitrogens is 1. The van der Waals surface area contributed by atoms with E-state index >= 15 is 0 Å². The fraction of sp³-hybridized carbons (Fsp3) is 0.280. The van der Waals surface area contributed by atoms with Crippen LogP contribution in [0.5, 0.6) is 5.88 Å². The third kappa shape index (κ3) is 3.76. The monoisotopic (exact) mass is 433 g/mol. The summed E-state index contributed by atoms with van der Waals surface area (Å²) in [6.45, 7) is 1.98. The number of hydrogen-bond donors (Lipinski definition) is 1. The summed E-state index contributed by atoms with van der Waals surface area (Å²) >= 11 is 1.40. The van der Waals surface area contributed by atoms with Crippen LogP contribution in [0, 0.1) is 5.82 Å². The number of thiazole rings is 1. The Bertz CT molecular complexity index is 1260. The van der Waals surface area contributed by atoms with E-state index in [-0.39, 0.29) is 23.4 Å². The van der Waals surface area contributed by atoms with Crippen LogP contribution in [0.1, 0.15) is 55.5 Å². The Morgan fingerprint density at radius 3 is 2.65 bits per heavy atom. The van der Waals surface area contributed by atoms with Crippen LogP contribution in [0.25, 0.3) is 11.6 Å². The molecule has 0 bridgehead atoms. The molecule has 0 amide bonds. The van der Waals surface area contributed by atoms with Crippen molar-refractivity contribution in [1.29, 1.82) is 0 Å². The number of halogens is 1. The second kappa shape index (κ2) is 8.27. The molecule has 31 heavy (non-hydrogen) atoms. The lowest BCUT2D eigenvalue weighted by atomic mass is 9.95. The minimum atomic E-state index is -0.363. The number of rotatable bonds is 3. The fourth-order valence-electron chi connectivity index (χ4n) is 4.43. The zero-order valence-electron chi connectivity index (χ0n) is 17.4. The van der Waals surface area contributed by atoms with Gasteiger partial charge in [-0.1, -0.05) is 60.9 Å². The molecule has 0 atom stereocenters. The van der Waals surface area contributed by atoms with E-state index in [2.05, 4.69) is 9.98 Å². The minimum absolute atomic E-state index is 0.174. The number of allylic oxidation sites excluding steroid dienone is 1. The smallest absolute Gasteiger partial charge is 0.211 e. The average molecular weight is 434 g/mol. The fourth-order valence-corrected chi connectivity index (χ4v) is 5.48. The molecule has 0 saturated heterocycles. The second-order valence-corrected chi connectivity index (χ2v) is 9.08. The molecule has 1 fully saturated rings. The highest BCUT2D eigenvalue weighted by molar-refractivity contribution is 7.10. The Balaban J connectivity index is 1.67. The number of aliphatic imine (C=N–C) groups is 1. The maximum atomic E-state index is 14.3. The van der Waals surface area contributed by atoms with E-state index in [1.54, 1.807) is 18.2 Å². The Morgan fingerprint density at radius 1 is 1.10 bits per heavy atom. The molecule has 0 unspecified atom stereocenters. The molecule has 1 saturated carbocycles. The maximum Gasteiger partial charge on any atom is 0.211 e. The van der Waals surface area contributed by atoms with Crippen LogP contribution >= 0.6 is 11.3 Å². The lowest BCUT2D eigenvalue weighted by molar-refractivity contribution is 0.307. The number of para-hydroxylation sites is 2. The summed E-state index contributed by atoms with van der Waals surface area (Å²) in [7, 11) is 0. The zero-order valence-corrected chi connectivity index (χ0v) is 18.2. The summed E-state index contributed by atoms with van der Waals surface area (Å²) in [6, 6.07) is 14.7. The van der Waals surface area contributed by atoms with E-state index in [4.69, 9.17) is 0 Å². The molecule has 1 aliphatic carbocycles. The second-order valence-electron chi connectivity index (χ2n) is 8.07. The van der Waals surface area contributed by atoms with Gasteiger partial charge in [-0.25, -0.2) is 9.38 Å². The van der Waals surface area contributed by atoms with E-state index < -0.39 is 0 Å². The van der Waals surface area contributed by atoms with Crippen LogP contribution in [0.4, 0.5) is 15.8 Å². The summed E-state index contributed by atoms with van der Waals surface area (Å²) < 4.78 is 16.2. The van der Waals surface area contributed by atoms with E-state index in [1.807, 2.05) is 41.8 Å². The molecule has 2 heterocycles. The SMILES string of the molecule is CC1=Nc2ccccc2/C1=C/c1sc(=Nc2ccccc2F)n(C2CCCCC2)c1O. The predicted molar refractivity (Wildman–Crippen MR) is 125 cm³/mol. The molecule has 2 aliphatic rings. The van der Waals surface area contributed by atoms with Crippen LogP contribution < -0.4 is 4.80 Å². The molecule has 0 radical (unpaired) electrons. The van der Waals surface area contributed by atoms with Crippen molar-refractivity contribution >= 4 is 40.1 Å². The third-order valence-electron chi connectivity index (χ3n) is 6.01. The Labute approximate surface area is 184 Å². The van der Waals surface area contributed by atoms with Gasteiger partial charge in [0.25, 0.3) is 0 Å². The molecule has 5 rings (SSSR count). The summed E-state index contributed by atoms with van der Waals surface area (Å²) in [5.74, 6) is -0.158. The summed E-state index contributed by atoms with van der Waals surface area (Å²) in [4.78, 5) is 10.6. The van der Waals surface area contributed by atoms with E-state index in [1.165, 1.54) is 23.8 Å². The quantitative estimate of drug-likeness (QED) is 0.486. The van der Waals surface area contributed by atoms with Crippen molar-refractivity contribution < 1.29 is 9.50 Å². The highest BCUT2D eigenvalue weighted by atomic mass is 32.1. The van der Waals surface area contributed by atoms with Crippen molar-refractivity contribution in [2.45, 2.75) is 45.1 Å². The summed E-state index contributed by atoms with van der Waals surface area (Å²) in [6.07, 6.45) is 7.45. The van der Waals surface area contributed by atoms with Crippen molar-refractivity contribution in [3.8, 4) is 5.88 Å². The number of fused-ring (bicyclic) bond motifs is 1. The van der Waals surface area contributed by atoms with Gasteiger partial charge in [-0.2, -0.15) is 0 Å². The van der Waals surface area contributed by atoms with Crippen LogP contribution in [0.2, 0.25) is 0 Å². The first kappa shape index (κ1) is 19.9. The van der Waals surface area contributed by atoms with Gasteiger partial charge >= 0.3 is 0 Å². The molecule has 158 valence electrons. The average Bonchev–Trinajstić information content (AvgIpc) is 3.26. The minimum Gasteiger partial charge on any atom is -0.493 e. The molecule has 4 nitrogen and oxygen atoms in total. The lowest BCUT2D eigenvalue weighted by Crippen LogP contribution is -2.22. The van der Waals surface area contributed by atoms with Gasteiger partial charge in [-0.05, 0) is 44.0 Å². The van der Waals surface area contributed by atoms with E-state index in [0.717, 1.165) is 53.1 Å². The molecule has 1 aliphatic heterocycles. The lowest BCUT2D eigenvalue weighted by Gasteiger charge is -2.23. The normalized spacial score (nSPS) is 18.5. The van der Waals surface area contributed by atoms with Crippen molar-refractivity contribution in [3.63, 3.8) is 0 Å². The maximum absolute atomic E-state index is 14.3. The molecular weight excluding hydrogens is 409 g/mol. The Hall–Kier alpha value is -2.99. The molecule has 2 aromatic carbocycles. The summed E-state index contributed by atoms with van der Waals surface area (Å²) in [5.41, 5.74) is 4.21. The third-order valence-corrected chi connectivity index (χ3v) is 7.00. The highest BCUT2D eigenvalue weighted by Crippen LogP contribution is 2.39. The van der Waals surface area contributed by atoms with Crippen LogP contribution in [0.15, 0.2) is 58.5 Å². The van der Waals surface area contributed by atoms with Gasteiger partial charge in [0.15, 0.2) is 4.80 Å². The molecule has 6 heteroatoms. The first-order valence-electron chi connectivity index (χ1n) is 10.7. The number of aromatic hydroxyl groups is 1. The van der Waals surface area contributed by atoms with Gasteiger partial charge in [-0.15, -0.1) is 0 Å². The van der Waals surface area contributed by atoms with Gasteiger partial charge in [0.2, 0.25) is 5.88 Å². The van der Waals surface area contributed by atoms with Crippen molar-refractivity contribution in [2.24, 2.45) is 9.98 Å². The zero-order chi connectivity index (χ0) is 21.4. The van der Waals surface area contributed by atoms with Crippen molar-refractivity contribution in [2.75, 3.05) is 0 Å². The molecule has 3 aromatic rings. The van der Waals surface area contributed by atoms with Gasteiger partial charge in [-0.3, -0.25) is 9.56 Å². The van der Waals surface area contributed by atoms with Crippen LogP contribution in [-0.4, -0.2) is 15.4 Å². The standard InChI is InChI=1S/C25H24FN3OS/c1-16-19(18-11-5-7-13-21(18)27-16)15-23-24(30)29(17-9-3-2-4-10-17)25(31-23)28-22-14-8-6-12-20(22)26/h5-8,11-15,17,30H,2-4,9-10H2,1H3/b19-15+,28-25?. The first-order chi connectivity index (χ1) is 15.1. The molecule has 1 N–H and O–H groups in total. The van der Waals surface area contributed by atoms with Gasteiger partial charge in [0.1, 0.15) is 11.5 Å². The van der Waals surface area contributed by atoms with Crippen LogP contribution in [0.3, 0.4) is 0 Å². The molecule has 1 aromatic heterocycles. The van der Waals surface area contributed by atoms with Gasteiger partial charge in [0, 0.05) is 22.9 Å². The predicted octanol–water partition coefficient (Wildman–Crippen LogP) is 6.78. The topological polar surface area (TPSA) is 49.9 Å². The number of benzene rings is 2. The van der Waals surface area contributed by atoms with Gasteiger partial charge < -0.3 is 5.11 Å². The van der Waals surface area contributed by atoms with E-state index in [9.17, 15) is 9.50 Å². The van der Waals surface area contributed by atoms with E-state index in [0.29, 0.717) is 4.80 Å². The molecular formula is C25H24FN3OS. The Morgan fingerprint density at radius 2 is 1.84 bits per heavy atom. The Kier molecular flexibility index (Phi) is 5.32. The summed E-state index contributed by atoms with van der Waals surface area (Å²) in [5, 5.41) is 11.2. The van der Waals surface area contributed by atoms with Gasteiger partial charge in [0.05, 0.1) is 10.6 Å².